The van der Waals surface area contributed by atoms with Crippen molar-refractivity contribution >= 4 is 10.2 Å². The Labute approximate surface area is 131 Å². The summed E-state index contributed by atoms with van der Waals surface area (Å²) in [4.78, 5) is 2.31. The van der Waals surface area contributed by atoms with E-state index in [1.807, 2.05) is 6.07 Å². The highest BCUT2D eigenvalue weighted by Crippen LogP contribution is 2.27. The van der Waals surface area contributed by atoms with Gasteiger partial charge in [0.2, 0.25) is 0 Å². The second-order valence-corrected chi connectivity index (χ2v) is 8.29. The number of furan rings is 1. The lowest BCUT2D eigenvalue weighted by molar-refractivity contribution is 0.0545. The van der Waals surface area contributed by atoms with Crippen molar-refractivity contribution in [2.24, 2.45) is 5.92 Å². The number of rotatable bonds is 4. The van der Waals surface area contributed by atoms with Gasteiger partial charge in [0, 0.05) is 58.3 Å². The molecule has 3 heterocycles. The van der Waals surface area contributed by atoms with Crippen molar-refractivity contribution in [2.45, 2.75) is 12.6 Å². The Morgan fingerprint density at radius 3 is 2.82 bits per heavy atom. The average Bonchev–Trinajstić information content (AvgIpc) is 3.06. The maximum atomic E-state index is 12.3. The van der Waals surface area contributed by atoms with E-state index in [2.05, 4.69) is 4.90 Å². The molecule has 0 saturated carbocycles. The predicted molar refractivity (Wildman–Crippen MR) is 81.4 cm³/mol. The number of ether oxygens (including phenoxy) is 1. The first-order chi connectivity index (χ1) is 10.5. The molecule has 2 aliphatic heterocycles. The molecule has 3 rings (SSSR count). The average molecular weight is 329 g/mol. The Hall–Kier alpha value is -0.930. The zero-order chi connectivity index (χ0) is 15.7. The lowest BCUT2D eigenvalue weighted by Gasteiger charge is -2.23. The van der Waals surface area contributed by atoms with Crippen LogP contribution in [-0.2, 0) is 21.5 Å². The molecule has 0 N–H and O–H groups in total. The van der Waals surface area contributed by atoms with E-state index in [1.54, 1.807) is 26.6 Å². The lowest BCUT2D eigenvalue weighted by atomic mass is 10.1. The van der Waals surface area contributed by atoms with Gasteiger partial charge in [-0.25, -0.2) is 0 Å². The van der Waals surface area contributed by atoms with Crippen LogP contribution in [0.2, 0.25) is 0 Å². The Morgan fingerprint density at radius 1 is 1.32 bits per heavy atom. The van der Waals surface area contributed by atoms with Gasteiger partial charge in [-0.15, -0.1) is 0 Å². The van der Waals surface area contributed by atoms with E-state index >= 15 is 0 Å². The summed E-state index contributed by atoms with van der Waals surface area (Å²) in [7, 11) is -0.231. The SMILES string of the molecule is CN(C)S(=O)(=O)N1C[C@@H]2CN(Cc3ccoc3)CCO[C@H]2C1. The van der Waals surface area contributed by atoms with Gasteiger partial charge in [0.15, 0.2) is 0 Å². The molecule has 2 fully saturated rings. The van der Waals surface area contributed by atoms with Gasteiger partial charge in [0.25, 0.3) is 10.2 Å². The highest BCUT2D eigenvalue weighted by molar-refractivity contribution is 7.86. The molecule has 124 valence electrons. The largest absolute Gasteiger partial charge is 0.472 e. The van der Waals surface area contributed by atoms with Crippen molar-refractivity contribution in [1.29, 1.82) is 0 Å². The molecule has 0 spiro atoms. The smallest absolute Gasteiger partial charge is 0.281 e. The van der Waals surface area contributed by atoms with Crippen molar-refractivity contribution in [3.8, 4) is 0 Å². The highest BCUT2D eigenvalue weighted by Gasteiger charge is 2.41. The Balaban J connectivity index is 1.66. The summed E-state index contributed by atoms with van der Waals surface area (Å²) in [6.45, 7) is 4.12. The summed E-state index contributed by atoms with van der Waals surface area (Å²) < 4.78 is 38.3. The number of fused-ring (bicyclic) bond motifs is 1. The monoisotopic (exact) mass is 329 g/mol. The summed E-state index contributed by atoms with van der Waals surface area (Å²) in [6, 6.07) is 1.96. The van der Waals surface area contributed by atoms with Crippen LogP contribution >= 0.6 is 0 Å². The third kappa shape index (κ3) is 3.21. The van der Waals surface area contributed by atoms with E-state index in [4.69, 9.17) is 9.15 Å². The minimum absolute atomic E-state index is 0.0101. The zero-order valence-corrected chi connectivity index (χ0v) is 13.8. The molecule has 2 aliphatic rings. The van der Waals surface area contributed by atoms with Crippen LogP contribution in [0.15, 0.2) is 23.0 Å². The maximum Gasteiger partial charge on any atom is 0.281 e. The third-order valence-electron chi connectivity index (χ3n) is 4.35. The lowest BCUT2D eigenvalue weighted by Crippen LogP contribution is -2.40. The van der Waals surface area contributed by atoms with Gasteiger partial charge in [-0.2, -0.15) is 17.0 Å². The fourth-order valence-corrected chi connectivity index (χ4v) is 4.30. The molecule has 0 amide bonds. The minimum Gasteiger partial charge on any atom is -0.472 e. The fraction of sp³-hybridized carbons (Fsp3) is 0.714. The second kappa shape index (κ2) is 6.29. The van der Waals surface area contributed by atoms with E-state index in [0.29, 0.717) is 19.7 Å². The van der Waals surface area contributed by atoms with E-state index in [0.717, 1.165) is 25.2 Å². The van der Waals surface area contributed by atoms with Crippen LogP contribution in [-0.4, -0.2) is 74.9 Å². The summed E-state index contributed by atoms with van der Waals surface area (Å²) in [6.07, 6.45) is 3.41. The molecule has 1 aromatic heterocycles. The Kier molecular flexibility index (Phi) is 4.56. The first-order valence-corrected chi connectivity index (χ1v) is 8.89. The van der Waals surface area contributed by atoms with E-state index in [-0.39, 0.29) is 12.0 Å². The van der Waals surface area contributed by atoms with Gasteiger partial charge in [0.05, 0.1) is 25.2 Å². The van der Waals surface area contributed by atoms with Gasteiger partial charge >= 0.3 is 0 Å². The number of hydrogen-bond donors (Lipinski definition) is 0. The van der Waals surface area contributed by atoms with Crippen molar-refractivity contribution in [3.63, 3.8) is 0 Å². The van der Waals surface area contributed by atoms with Crippen molar-refractivity contribution < 1.29 is 17.6 Å². The highest BCUT2D eigenvalue weighted by atomic mass is 32.2. The predicted octanol–water partition coefficient (Wildman–Crippen LogP) is 0.219. The molecule has 0 radical (unpaired) electrons. The van der Waals surface area contributed by atoms with Crippen LogP contribution in [0.4, 0.5) is 0 Å². The third-order valence-corrected chi connectivity index (χ3v) is 6.23. The van der Waals surface area contributed by atoms with Crippen LogP contribution in [0, 0.1) is 5.92 Å². The molecule has 0 bridgehead atoms. The molecular weight excluding hydrogens is 306 g/mol. The van der Waals surface area contributed by atoms with Gasteiger partial charge in [-0.1, -0.05) is 0 Å². The van der Waals surface area contributed by atoms with Crippen LogP contribution in [0.3, 0.4) is 0 Å². The Bertz CT molecular complexity index is 587. The standard InChI is InChI=1S/C14H23N3O4S/c1-15(2)22(18,19)17-9-13-8-16(4-6-21-14(13)10-17)7-12-3-5-20-11-12/h3,5,11,13-14H,4,6-10H2,1-2H3/t13-,14-/m0/s1. The molecule has 8 heteroatoms. The van der Waals surface area contributed by atoms with Gasteiger partial charge in [-0.05, 0) is 6.07 Å². The molecule has 0 aromatic carbocycles. The van der Waals surface area contributed by atoms with Gasteiger partial charge in [0.1, 0.15) is 0 Å². The van der Waals surface area contributed by atoms with Crippen LogP contribution in [0.25, 0.3) is 0 Å². The molecule has 1 aromatic rings. The van der Waals surface area contributed by atoms with Crippen molar-refractivity contribution in [2.75, 3.05) is 46.9 Å². The van der Waals surface area contributed by atoms with E-state index in [9.17, 15) is 8.42 Å². The molecule has 2 atom stereocenters. The topological polar surface area (TPSA) is 66.2 Å². The van der Waals surface area contributed by atoms with E-state index < -0.39 is 10.2 Å². The van der Waals surface area contributed by atoms with E-state index in [1.165, 1.54) is 8.61 Å². The van der Waals surface area contributed by atoms with Crippen molar-refractivity contribution in [3.05, 3.63) is 24.2 Å². The molecule has 7 nitrogen and oxygen atoms in total. The molecule has 0 aliphatic carbocycles. The number of nitrogens with zero attached hydrogens (tertiary/aromatic N) is 3. The quantitative estimate of drug-likeness (QED) is 0.790. The van der Waals surface area contributed by atoms with Crippen LogP contribution in [0.5, 0.6) is 0 Å². The molecule has 2 saturated heterocycles. The van der Waals surface area contributed by atoms with Crippen LogP contribution in [0.1, 0.15) is 5.56 Å². The summed E-state index contributed by atoms with van der Waals surface area (Å²) in [5.41, 5.74) is 1.13. The van der Waals surface area contributed by atoms with Gasteiger partial charge < -0.3 is 9.15 Å². The number of hydrogen-bond acceptors (Lipinski definition) is 5. The molecule has 0 unspecified atom stereocenters. The first kappa shape index (κ1) is 15.9. The van der Waals surface area contributed by atoms with Crippen molar-refractivity contribution in [1.82, 2.24) is 13.5 Å². The fourth-order valence-electron chi connectivity index (χ4n) is 3.13. The summed E-state index contributed by atoms with van der Waals surface area (Å²) >= 11 is 0. The minimum atomic E-state index is -3.36. The zero-order valence-electron chi connectivity index (χ0n) is 13.0. The molecule has 22 heavy (non-hydrogen) atoms. The Morgan fingerprint density at radius 2 is 2.14 bits per heavy atom. The van der Waals surface area contributed by atoms with Crippen LogP contribution < -0.4 is 0 Å². The second-order valence-electron chi connectivity index (χ2n) is 6.14. The first-order valence-electron chi connectivity index (χ1n) is 7.49. The summed E-state index contributed by atoms with van der Waals surface area (Å²) in [5.74, 6) is 0.212. The normalized spacial score (nSPS) is 28.0. The van der Waals surface area contributed by atoms with Gasteiger partial charge in [-0.3, -0.25) is 4.90 Å². The molecular formula is C14H23N3O4S. The maximum absolute atomic E-state index is 12.3. The summed E-state index contributed by atoms with van der Waals surface area (Å²) in [5, 5.41) is 0.